The first-order valence-electron chi connectivity index (χ1n) is 13.6. The van der Waals surface area contributed by atoms with Crippen molar-refractivity contribution in [3.8, 4) is 0 Å². The number of carbonyl (C=O) groups excluding carboxylic acids is 1. The van der Waals surface area contributed by atoms with Gasteiger partial charge in [0.05, 0.1) is 11.7 Å². The number of piperazine rings is 1. The molecule has 11 heteroatoms. The quantitative estimate of drug-likeness (QED) is 0.562. The Morgan fingerprint density at radius 3 is 2.43 bits per heavy atom. The van der Waals surface area contributed by atoms with Crippen LogP contribution in [0.4, 0.5) is 16.1 Å². The van der Waals surface area contributed by atoms with Crippen LogP contribution in [0.2, 0.25) is 0 Å². The number of likely N-dealkylation sites (N-methyl/N-ethyl adjacent to an activating group) is 1. The van der Waals surface area contributed by atoms with Gasteiger partial charge in [0.25, 0.3) is 0 Å². The van der Waals surface area contributed by atoms with E-state index in [1.807, 2.05) is 19.1 Å². The number of aromatic nitrogens is 4. The summed E-state index contributed by atoms with van der Waals surface area (Å²) < 4.78 is 0. The molecule has 3 aliphatic rings. The van der Waals surface area contributed by atoms with E-state index in [4.69, 9.17) is 0 Å². The Morgan fingerprint density at radius 2 is 1.73 bits per heavy atom. The molecule has 1 saturated carbocycles. The van der Waals surface area contributed by atoms with Crippen LogP contribution in [0.25, 0.3) is 0 Å². The lowest BCUT2D eigenvalue weighted by Crippen LogP contribution is -2.56. The van der Waals surface area contributed by atoms with Gasteiger partial charge in [-0.25, -0.2) is 0 Å². The van der Waals surface area contributed by atoms with E-state index in [0.29, 0.717) is 16.5 Å². The average molecular weight is 528 g/mol. The molecule has 202 valence electrons. The monoisotopic (exact) mass is 527 g/mol. The number of hydrogen-bond acceptors (Lipinski definition) is 10. The van der Waals surface area contributed by atoms with Gasteiger partial charge in [0.2, 0.25) is 16.2 Å². The number of nitrogens with one attached hydrogen (secondary N) is 2. The number of aryl methyl sites for hydroxylation is 1. The predicted octanol–water partition coefficient (Wildman–Crippen LogP) is 3.10. The maximum absolute atomic E-state index is 13.7. The number of nitrogens with zero attached hydrogens (tertiary/aromatic N) is 7. The lowest BCUT2D eigenvalue weighted by molar-refractivity contribution is -0.125. The summed E-state index contributed by atoms with van der Waals surface area (Å²) in [6, 6.07) is 4.16. The molecule has 0 bridgehead atoms. The van der Waals surface area contributed by atoms with Crippen molar-refractivity contribution in [1.82, 2.24) is 30.2 Å². The molecule has 2 aliphatic heterocycles. The number of anilines is 3. The molecule has 0 unspecified atom stereocenters. The zero-order chi connectivity index (χ0) is 26.0. The molecule has 0 aromatic carbocycles. The standard InChI is InChI=1S/C26H41N9OS/c1-18-5-6-21(30-29-18)35-12-9-20(17-35)27-24-31-32-25(37-24)28-23(36)22(34-15-13-33(4)14-16-34)19-7-10-26(2,3)11-8-19/h5-6,19-20,22H,7-17H2,1-4H3,(H,27,31)(H,28,32,36)/t20-,22-/m1/s1. The van der Waals surface area contributed by atoms with Crippen molar-refractivity contribution in [2.45, 2.75) is 65.0 Å². The first-order valence-corrected chi connectivity index (χ1v) is 14.5. The third-order valence-corrected chi connectivity index (χ3v) is 9.08. The smallest absolute Gasteiger partial charge is 0.243 e. The SMILES string of the molecule is Cc1ccc(N2CC[C@@H](Nc3nnc(NC(=O)[C@@H](C4CCC(C)(C)CC4)N4CCN(C)CC4)s3)C2)nn1. The van der Waals surface area contributed by atoms with Crippen molar-refractivity contribution in [3.05, 3.63) is 17.8 Å². The fraction of sp³-hybridized carbons (Fsp3) is 0.731. The molecular formula is C26H41N9OS. The van der Waals surface area contributed by atoms with Crippen LogP contribution in [0.1, 0.15) is 51.6 Å². The van der Waals surface area contributed by atoms with Crippen LogP contribution in [-0.4, -0.2) is 94.5 Å². The maximum atomic E-state index is 13.7. The molecule has 4 heterocycles. The number of rotatable bonds is 7. The van der Waals surface area contributed by atoms with Gasteiger partial charge in [-0.05, 0) is 69.5 Å². The van der Waals surface area contributed by atoms with Gasteiger partial charge < -0.3 is 15.1 Å². The second kappa shape index (κ2) is 11.2. The number of hydrogen-bond donors (Lipinski definition) is 2. The summed E-state index contributed by atoms with van der Waals surface area (Å²) in [7, 11) is 2.16. The van der Waals surface area contributed by atoms with Crippen LogP contribution < -0.4 is 15.5 Å². The van der Waals surface area contributed by atoms with Gasteiger partial charge in [0.15, 0.2) is 5.82 Å². The minimum absolute atomic E-state index is 0.0712. The Morgan fingerprint density at radius 1 is 1.00 bits per heavy atom. The van der Waals surface area contributed by atoms with E-state index in [1.54, 1.807) is 0 Å². The summed E-state index contributed by atoms with van der Waals surface area (Å²) in [5, 5.41) is 25.1. The summed E-state index contributed by atoms with van der Waals surface area (Å²) >= 11 is 1.42. The molecule has 37 heavy (non-hydrogen) atoms. The second-order valence-corrected chi connectivity index (χ2v) is 12.8. The van der Waals surface area contributed by atoms with E-state index < -0.39 is 0 Å². The Hall–Kier alpha value is -2.37. The van der Waals surface area contributed by atoms with Crippen LogP contribution in [0.15, 0.2) is 12.1 Å². The van der Waals surface area contributed by atoms with Crippen molar-refractivity contribution in [2.75, 3.05) is 61.8 Å². The van der Waals surface area contributed by atoms with Crippen molar-refractivity contribution in [3.63, 3.8) is 0 Å². The van der Waals surface area contributed by atoms with Crippen molar-refractivity contribution >= 4 is 33.3 Å². The molecule has 5 rings (SSSR count). The van der Waals surface area contributed by atoms with Gasteiger partial charge in [0, 0.05) is 45.3 Å². The largest absolute Gasteiger partial charge is 0.355 e. The van der Waals surface area contributed by atoms with Crippen LogP contribution in [0.5, 0.6) is 0 Å². The van der Waals surface area contributed by atoms with Crippen molar-refractivity contribution in [2.24, 2.45) is 11.3 Å². The Bertz CT molecular complexity index is 1040. The summed E-state index contributed by atoms with van der Waals surface area (Å²) in [5.74, 6) is 1.36. The fourth-order valence-electron chi connectivity index (χ4n) is 5.85. The van der Waals surface area contributed by atoms with Gasteiger partial charge in [-0.15, -0.1) is 15.3 Å². The Balaban J connectivity index is 1.19. The van der Waals surface area contributed by atoms with Gasteiger partial charge in [0.1, 0.15) is 0 Å². The van der Waals surface area contributed by atoms with Crippen molar-refractivity contribution in [1.29, 1.82) is 0 Å². The van der Waals surface area contributed by atoms with Gasteiger partial charge in [-0.1, -0.05) is 25.2 Å². The highest BCUT2D eigenvalue weighted by molar-refractivity contribution is 7.19. The summed E-state index contributed by atoms with van der Waals surface area (Å²) in [4.78, 5) is 20.6. The second-order valence-electron chi connectivity index (χ2n) is 11.8. The average Bonchev–Trinajstić information content (AvgIpc) is 3.52. The molecular weight excluding hydrogens is 486 g/mol. The number of carbonyl (C=O) groups is 1. The topological polar surface area (TPSA) is 102 Å². The maximum Gasteiger partial charge on any atom is 0.243 e. The Kier molecular flexibility index (Phi) is 7.92. The summed E-state index contributed by atoms with van der Waals surface area (Å²) in [5.41, 5.74) is 1.30. The zero-order valence-corrected chi connectivity index (χ0v) is 23.4. The van der Waals surface area contributed by atoms with Crippen LogP contribution in [0.3, 0.4) is 0 Å². The van der Waals surface area contributed by atoms with Crippen LogP contribution >= 0.6 is 11.3 Å². The van der Waals surface area contributed by atoms with E-state index in [0.717, 1.165) is 75.2 Å². The summed E-state index contributed by atoms with van der Waals surface area (Å²) in [6.45, 7) is 12.3. The lowest BCUT2D eigenvalue weighted by atomic mass is 9.70. The van der Waals surface area contributed by atoms with Gasteiger partial charge in [-0.2, -0.15) is 5.10 Å². The molecule has 2 atom stereocenters. The molecule has 2 N–H and O–H groups in total. The first kappa shape index (κ1) is 26.2. The predicted molar refractivity (Wildman–Crippen MR) is 148 cm³/mol. The fourth-order valence-corrected chi connectivity index (χ4v) is 6.57. The lowest BCUT2D eigenvalue weighted by Gasteiger charge is -2.44. The van der Waals surface area contributed by atoms with Gasteiger partial charge in [-0.3, -0.25) is 15.0 Å². The van der Waals surface area contributed by atoms with E-state index >= 15 is 0 Å². The first-order chi connectivity index (χ1) is 17.8. The molecule has 2 aromatic heterocycles. The van der Waals surface area contributed by atoms with Crippen LogP contribution in [-0.2, 0) is 4.79 Å². The highest BCUT2D eigenvalue weighted by Crippen LogP contribution is 2.40. The molecule has 1 aliphatic carbocycles. The minimum Gasteiger partial charge on any atom is -0.355 e. The molecule has 2 aromatic rings. The number of amides is 1. The van der Waals surface area contributed by atoms with Crippen LogP contribution in [0, 0.1) is 18.3 Å². The highest BCUT2D eigenvalue weighted by atomic mass is 32.1. The molecule has 2 saturated heterocycles. The zero-order valence-electron chi connectivity index (χ0n) is 22.6. The van der Waals surface area contributed by atoms with E-state index in [1.165, 1.54) is 24.2 Å². The highest BCUT2D eigenvalue weighted by Gasteiger charge is 2.39. The minimum atomic E-state index is -0.107. The molecule has 0 spiro atoms. The third kappa shape index (κ3) is 6.56. The molecule has 1 amide bonds. The normalized spacial score (nSPS) is 24.2. The van der Waals surface area contributed by atoms with E-state index in [-0.39, 0.29) is 18.0 Å². The van der Waals surface area contributed by atoms with E-state index in [2.05, 4.69) is 66.6 Å². The van der Waals surface area contributed by atoms with Gasteiger partial charge >= 0.3 is 0 Å². The molecule has 3 fully saturated rings. The summed E-state index contributed by atoms with van der Waals surface area (Å²) in [6.07, 6.45) is 5.54. The van der Waals surface area contributed by atoms with Crippen molar-refractivity contribution < 1.29 is 4.79 Å². The molecule has 0 radical (unpaired) electrons. The Labute approximate surface area is 224 Å². The molecule has 10 nitrogen and oxygen atoms in total. The third-order valence-electron chi connectivity index (χ3n) is 8.31. The van der Waals surface area contributed by atoms with E-state index in [9.17, 15) is 4.79 Å².